The SMILES string of the molecule is CC(C)N1CCN(C2CN(S(=O)(=O)c3ccc4c(c3)OCCO4)C2)CC1. The number of piperazine rings is 1. The standard InChI is InChI=1S/C18H27N3O4S/c1-14(2)19-5-7-20(8-6-19)15-12-21(13-15)26(22,23)16-3-4-17-18(11-16)25-10-9-24-17/h3-4,11,14-15H,5-10,12-13H2,1-2H3. The Hall–Kier alpha value is -1.35. The average molecular weight is 381 g/mol. The van der Waals surface area contributed by atoms with Crippen LogP contribution in [0.5, 0.6) is 11.5 Å². The van der Waals surface area contributed by atoms with Gasteiger partial charge in [-0.25, -0.2) is 8.42 Å². The number of sulfonamides is 1. The van der Waals surface area contributed by atoms with Crippen LogP contribution in [0.2, 0.25) is 0 Å². The van der Waals surface area contributed by atoms with Crippen LogP contribution in [-0.2, 0) is 10.0 Å². The van der Waals surface area contributed by atoms with E-state index in [0.717, 1.165) is 26.2 Å². The van der Waals surface area contributed by atoms with Gasteiger partial charge in [-0.15, -0.1) is 0 Å². The van der Waals surface area contributed by atoms with E-state index >= 15 is 0 Å². The molecule has 3 aliphatic heterocycles. The van der Waals surface area contributed by atoms with Gasteiger partial charge in [-0.05, 0) is 26.0 Å². The molecule has 0 bridgehead atoms. The lowest BCUT2D eigenvalue weighted by atomic mass is 10.1. The summed E-state index contributed by atoms with van der Waals surface area (Å²) >= 11 is 0. The zero-order chi connectivity index (χ0) is 18.3. The molecular formula is C18H27N3O4S. The fourth-order valence-electron chi connectivity index (χ4n) is 3.80. The Morgan fingerprint density at radius 1 is 1.00 bits per heavy atom. The number of benzene rings is 1. The van der Waals surface area contributed by atoms with Gasteiger partial charge in [0.25, 0.3) is 0 Å². The second-order valence-electron chi connectivity index (χ2n) is 7.45. The molecule has 0 aromatic heterocycles. The minimum atomic E-state index is -3.47. The van der Waals surface area contributed by atoms with Crippen LogP contribution in [0.3, 0.4) is 0 Å². The molecule has 2 fully saturated rings. The van der Waals surface area contributed by atoms with Crippen molar-refractivity contribution in [3.05, 3.63) is 18.2 Å². The highest BCUT2D eigenvalue weighted by molar-refractivity contribution is 7.89. The predicted molar refractivity (Wildman–Crippen MR) is 98.3 cm³/mol. The summed E-state index contributed by atoms with van der Waals surface area (Å²) in [4.78, 5) is 5.18. The summed E-state index contributed by atoms with van der Waals surface area (Å²) in [7, 11) is -3.47. The van der Waals surface area contributed by atoms with Gasteiger partial charge in [0.05, 0.1) is 4.90 Å². The maximum Gasteiger partial charge on any atom is 0.243 e. The first-order chi connectivity index (χ1) is 12.4. The first-order valence-electron chi connectivity index (χ1n) is 9.33. The maximum atomic E-state index is 12.9. The van der Waals surface area contributed by atoms with E-state index in [2.05, 4.69) is 23.6 Å². The van der Waals surface area contributed by atoms with E-state index in [1.54, 1.807) is 22.5 Å². The smallest absolute Gasteiger partial charge is 0.243 e. The number of hydrogen-bond acceptors (Lipinski definition) is 6. The highest BCUT2D eigenvalue weighted by atomic mass is 32.2. The summed E-state index contributed by atoms with van der Waals surface area (Å²) < 4.78 is 38.3. The van der Waals surface area contributed by atoms with Crippen LogP contribution in [-0.4, -0.2) is 87.1 Å². The fourth-order valence-corrected chi connectivity index (χ4v) is 5.33. The molecule has 144 valence electrons. The summed E-state index contributed by atoms with van der Waals surface area (Å²) in [6.07, 6.45) is 0. The van der Waals surface area contributed by atoms with E-state index in [4.69, 9.17) is 9.47 Å². The van der Waals surface area contributed by atoms with E-state index in [0.29, 0.717) is 49.9 Å². The molecule has 2 saturated heterocycles. The predicted octanol–water partition coefficient (Wildman–Crippen LogP) is 0.857. The lowest BCUT2D eigenvalue weighted by Crippen LogP contribution is -2.64. The van der Waals surface area contributed by atoms with Gasteiger partial charge in [0, 0.05) is 57.4 Å². The van der Waals surface area contributed by atoms with Gasteiger partial charge in [-0.1, -0.05) is 0 Å². The largest absolute Gasteiger partial charge is 0.486 e. The second-order valence-corrected chi connectivity index (χ2v) is 9.38. The Morgan fingerprint density at radius 3 is 2.31 bits per heavy atom. The first kappa shape index (κ1) is 18.0. The van der Waals surface area contributed by atoms with Crippen LogP contribution in [0, 0.1) is 0 Å². The lowest BCUT2D eigenvalue weighted by molar-refractivity contribution is 0.0316. The molecule has 0 amide bonds. The maximum absolute atomic E-state index is 12.9. The molecule has 0 atom stereocenters. The van der Waals surface area contributed by atoms with E-state index in [1.807, 2.05) is 0 Å². The van der Waals surface area contributed by atoms with Crippen molar-refractivity contribution in [1.82, 2.24) is 14.1 Å². The number of hydrogen-bond donors (Lipinski definition) is 0. The van der Waals surface area contributed by atoms with Crippen molar-refractivity contribution in [3.63, 3.8) is 0 Å². The molecule has 0 unspecified atom stereocenters. The molecule has 3 aliphatic rings. The molecule has 0 radical (unpaired) electrons. The molecule has 8 heteroatoms. The highest BCUT2D eigenvalue weighted by Crippen LogP contribution is 2.34. The minimum Gasteiger partial charge on any atom is -0.486 e. The Labute approximate surface area is 155 Å². The van der Waals surface area contributed by atoms with Gasteiger partial charge in [0.2, 0.25) is 10.0 Å². The van der Waals surface area contributed by atoms with Crippen molar-refractivity contribution in [1.29, 1.82) is 0 Å². The molecule has 0 aliphatic carbocycles. The van der Waals surface area contributed by atoms with E-state index in [1.165, 1.54) is 0 Å². The van der Waals surface area contributed by atoms with Crippen LogP contribution in [0.4, 0.5) is 0 Å². The van der Waals surface area contributed by atoms with Crippen LogP contribution >= 0.6 is 0 Å². The summed E-state index contributed by atoms with van der Waals surface area (Å²) in [5, 5.41) is 0. The van der Waals surface area contributed by atoms with Crippen LogP contribution in [0.25, 0.3) is 0 Å². The average Bonchev–Trinajstić information content (AvgIpc) is 2.60. The Morgan fingerprint density at radius 2 is 1.65 bits per heavy atom. The molecular weight excluding hydrogens is 354 g/mol. The topological polar surface area (TPSA) is 62.3 Å². The second kappa shape index (κ2) is 6.99. The van der Waals surface area contributed by atoms with E-state index in [9.17, 15) is 8.42 Å². The van der Waals surface area contributed by atoms with Crippen LogP contribution in [0.15, 0.2) is 23.1 Å². The molecule has 3 heterocycles. The van der Waals surface area contributed by atoms with Gasteiger partial charge in [0.15, 0.2) is 11.5 Å². The zero-order valence-corrected chi connectivity index (χ0v) is 16.2. The van der Waals surface area contributed by atoms with E-state index < -0.39 is 10.0 Å². The van der Waals surface area contributed by atoms with Crippen molar-refractivity contribution in [3.8, 4) is 11.5 Å². The molecule has 0 N–H and O–H groups in total. The number of rotatable bonds is 4. The molecule has 0 spiro atoms. The monoisotopic (exact) mass is 381 g/mol. The Balaban J connectivity index is 1.37. The Bertz CT molecular complexity index is 754. The van der Waals surface area contributed by atoms with Gasteiger partial charge in [0.1, 0.15) is 13.2 Å². The van der Waals surface area contributed by atoms with Crippen LogP contribution < -0.4 is 9.47 Å². The van der Waals surface area contributed by atoms with E-state index in [-0.39, 0.29) is 4.90 Å². The van der Waals surface area contributed by atoms with Crippen molar-refractivity contribution >= 4 is 10.0 Å². The fraction of sp³-hybridized carbons (Fsp3) is 0.667. The lowest BCUT2D eigenvalue weighted by Gasteiger charge is -2.48. The third kappa shape index (κ3) is 3.31. The summed E-state index contributed by atoms with van der Waals surface area (Å²) in [6, 6.07) is 5.78. The molecule has 7 nitrogen and oxygen atoms in total. The number of nitrogens with zero attached hydrogens (tertiary/aromatic N) is 3. The van der Waals surface area contributed by atoms with Crippen molar-refractivity contribution in [2.24, 2.45) is 0 Å². The summed E-state index contributed by atoms with van der Waals surface area (Å²) in [5.41, 5.74) is 0. The number of ether oxygens (including phenoxy) is 2. The Kier molecular flexibility index (Phi) is 4.85. The highest BCUT2D eigenvalue weighted by Gasteiger charge is 2.40. The van der Waals surface area contributed by atoms with Crippen molar-refractivity contribution < 1.29 is 17.9 Å². The normalized spacial score (nSPS) is 23.2. The quantitative estimate of drug-likeness (QED) is 0.771. The molecule has 4 rings (SSSR count). The number of fused-ring (bicyclic) bond motifs is 1. The first-order valence-corrected chi connectivity index (χ1v) is 10.8. The van der Waals surface area contributed by atoms with Gasteiger partial charge >= 0.3 is 0 Å². The van der Waals surface area contributed by atoms with Gasteiger partial charge in [-0.3, -0.25) is 9.80 Å². The van der Waals surface area contributed by atoms with Crippen LogP contribution in [0.1, 0.15) is 13.8 Å². The van der Waals surface area contributed by atoms with Gasteiger partial charge in [-0.2, -0.15) is 4.31 Å². The summed E-state index contributed by atoms with van der Waals surface area (Å²) in [6.45, 7) is 10.7. The molecule has 1 aromatic rings. The van der Waals surface area contributed by atoms with Crippen molar-refractivity contribution in [2.75, 3.05) is 52.5 Å². The molecule has 26 heavy (non-hydrogen) atoms. The third-order valence-electron chi connectivity index (χ3n) is 5.58. The molecule has 1 aromatic carbocycles. The van der Waals surface area contributed by atoms with Gasteiger partial charge < -0.3 is 9.47 Å². The van der Waals surface area contributed by atoms with Crippen molar-refractivity contribution in [2.45, 2.75) is 30.8 Å². The molecule has 0 saturated carbocycles. The summed E-state index contributed by atoms with van der Waals surface area (Å²) in [5.74, 6) is 1.12. The minimum absolute atomic E-state index is 0.282. The third-order valence-corrected chi connectivity index (χ3v) is 7.40. The zero-order valence-electron chi connectivity index (χ0n) is 15.4.